The van der Waals surface area contributed by atoms with Crippen LogP contribution in [0.3, 0.4) is 0 Å². The fourth-order valence-electron chi connectivity index (χ4n) is 1.31. The van der Waals surface area contributed by atoms with E-state index in [9.17, 15) is 4.79 Å². The molecule has 0 aliphatic heterocycles. The number of esters is 1. The first-order valence-corrected chi connectivity index (χ1v) is 6.01. The second-order valence-corrected chi connectivity index (χ2v) is 4.30. The highest BCUT2D eigenvalue weighted by Crippen LogP contribution is 2.24. The maximum Gasteiger partial charge on any atom is 0.330 e. The van der Waals surface area contributed by atoms with E-state index in [1.54, 1.807) is 11.8 Å². The van der Waals surface area contributed by atoms with E-state index in [-0.39, 0.29) is 0 Å². The molecule has 5 nitrogen and oxygen atoms in total. The highest BCUT2D eigenvalue weighted by atomic mass is 32.2. The van der Waals surface area contributed by atoms with Crippen molar-refractivity contribution in [2.45, 2.75) is 4.90 Å². The minimum absolute atomic E-state index is 0.351. The van der Waals surface area contributed by atoms with Gasteiger partial charge in [0.2, 0.25) is 0 Å². The van der Waals surface area contributed by atoms with Crippen molar-refractivity contribution in [1.29, 1.82) is 0 Å². The summed E-state index contributed by atoms with van der Waals surface area (Å²) in [6.07, 6.45) is 1.16. The molecule has 0 spiro atoms. The molecule has 6 heteroatoms. The number of ether oxygens (including phenoxy) is 1. The number of hydrogen-bond acceptors (Lipinski definition) is 5. The van der Waals surface area contributed by atoms with E-state index in [2.05, 4.69) is 22.0 Å². The molecular formula is C11H11N3O2S. The number of carbonyl (C=O) groups is 1. The molecule has 1 aromatic carbocycles. The number of benzene rings is 1. The van der Waals surface area contributed by atoms with Crippen LogP contribution in [0.1, 0.15) is 0 Å². The van der Waals surface area contributed by atoms with Crippen LogP contribution in [-0.4, -0.2) is 33.7 Å². The summed E-state index contributed by atoms with van der Waals surface area (Å²) in [6.45, 7) is 3.68. The molecular weight excluding hydrogens is 238 g/mol. The van der Waals surface area contributed by atoms with Gasteiger partial charge in [-0.2, -0.15) is 15.4 Å². The van der Waals surface area contributed by atoms with Crippen LogP contribution in [0.2, 0.25) is 0 Å². The summed E-state index contributed by atoms with van der Waals surface area (Å²) < 4.78 is 4.88. The number of thioether (sulfide) groups is 1. The van der Waals surface area contributed by atoms with Crippen LogP contribution in [0, 0.1) is 0 Å². The lowest BCUT2D eigenvalue weighted by atomic mass is 10.3. The summed E-state index contributed by atoms with van der Waals surface area (Å²) in [6, 6.07) is 5.77. The predicted octanol–water partition coefficient (Wildman–Crippen LogP) is 1.78. The molecule has 0 saturated carbocycles. The number of rotatable bonds is 5. The summed E-state index contributed by atoms with van der Waals surface area (Å²) in [5.41, 5.74) is 1.67. The Morgan fingerprint density at radius 2 is 2.41 bits per heavy atom. The number of H-pyrrole nitrogens is 1. The van der Waals surface area contributed by atoms with Gasteiger partial charge in [0.15, 0.2) is 0 Å². The number of hydrogen-bond donors (Lipinski definition) is 1. The van der Waals surface area contributed by atoms with Crippen LogP contribution >= 0.6 is 11.8 Å². The van der Waals surface area contributed by atoms with E-state index in [0.717, 1.165) is 22.0 Å². The van der Waals surface area contributed by atoms with Gasteiger partial charge in [0.25, 0.3) is 0 Å². The van der Waals surface area contributed by atoms with Gasteiger partial charge in [-0.15, -0.1) is 11.8 Å². The summed E-state index contributed by atoms with van der Waals surface area (Å²) in [4.78, 5) is 11.8. The molecule has 88 valence electrons. The highest BCUT2D eigenvalue weighted by molar-refractivity contribution is 7.99. The van der Waals surface area contributed by atoms with Gasteiger partial charge in [-0.25, -0.2) is 4.79 Å². The largest absolute Gasteiger partial charge is 0.462 e. The standard InChI is InChI=1S/C11H11N3O2S/c1-2-10(15)16-6-7-17-9-5-3-4-8-11(9)13-14-12-8/h2-5H,1,6-7H2,(H,12,13,14). The van der Waals surface area contributed by atoms with Crippen LogP contribution < -0.4 is 0 Å². The maximum absolute atomic E-state index is 10.8. The first kappa shape index (κ1) is 11.7. The predicted molar refractivity (Wildman–Crippen MR) is 65.8 cm³/mol. The summed E-state index contributed by atoms with van der Waals surface area (Å²) in [5, 5.41) is 10.7. The van der Waals surface area contributed by atoms with E-state index in [4.69, 9.17) is 4.74 Å². The summed E-state index contributed by atoms with van der Waals surface area (Å²) in [7, 11) is 0. The zero-order valence-electron chi connectivity index (χ0n) is 9.05. The number of fused-ring (bicyclic) bond motifs is 1. The number of aromatic amines is 1. The van der Waals surface area contributed by atoms with E-state index >= 15 is 0 Å². The Kier molecular flexibility index (Phi) is 3.77. The highest BCUT2D eigenvalue weighted by Gasteiger charge is 2.05. The van der Waals surface area contributed by atoms with Crippen molar-refractivity contribution in [3.63, 3.8) is 0 Å². The molecule has 0 amide bonds. The first-order chi connectivity index (χ1) is 8.31. The third kappa shape index (κ3) is 2.85. The normalized spacial score (nSPS) is 10.4. The van der Waals surface area contributed by atoms with Crippen molar-refractivity contribution >= 4 is 28.8 Å². The minimum atomic E-state index is -0.398. The average Bonchev–Trinajstić information content (AvgIpc) is 2.83. The van der Waals surface area contributed by atoms with Gasteiger partial charge >= 0.3 is 5.97 Å². The molecule has 0 atom stereocenters. The van der Waals surface area contributed by atoms with Crippen LogP contribution in [0.25, 0.3) is 11.0 Å². The zero-order valence-corrected chi connectivity index (χ0v) is 9.87. The number of aromatic nitrogens is 3. The number of carbonyl (C=O) groups excluding carboxylic acids is 1. The van der Waals surface area contributed by atoms with Gasteiger partial charge in [0, 0.05) is 16.7 Å². The van der Waals surface area contributed by atoms with Crippen molar-refractivity contribution in [3.05, 3.63) is 30.9 Å². The second kappa shape index (κ2) is 5.49. The Bertz CT molecular complexity index is 538. The number of nitrogens with one attached hydrogen (secondary N) is 1. The van der Waals surface area contributed by atoms with E-state index < -0.39 is 5.97 Å². The van der Waals surface area contributed by atoms with Crippen molar-refractivity contribution in [3.8, 4) is 0 Å². The number of para-hydroxylation sites is 1. The lowest BCUT2D eigenvalue weighted by Gasteiger charge is -2.02. The Balaban J connectivity index is 1.93. The molecule has 0 saturated heterocycles. The topological polar surface area (TPSA) is 67.9 Å². The fourth-order valence-corrected chi connectivity index (χ4v) is 2.16. The molecule has 17 heavy (non-hydrogen) atoms. The molecule has 0 aliphatic rings. The molecule has 0 bridgehead atoms. The fraction of sp³-hybridized carbons (Fsp3) is 0.182. The molecule has 2 rings (SSSR count). The van der Waals surface area contributed by atoms with Gasteiger partial charge in [0.05, 0.1) is 0 Å². The van der Waals surface area contributed by atoms with Gasteiger partial charge < -0.3 is 4.74 Å². The third-order valence-corrected chi connectivity index (χ3v) is 3.07. The molecule has 1 heterocycles. The second-order valence-electron chi connectivity index (χ2n) is 3.17. The van der Waals surface area contributed by atoms with Crippen LogP contribution in [0.5, 0.6) is 0 Å². The van der Waals surface area contributed by atoms with Gasteiger partial charge in [-0.3, -0.25) is 0 Å². The molecule has 0 unspecified atom stereocenters. The first-order valence-electron chi connectivity index (χ1n) is 5.03. The monoisotopic (exact) mass is 249 g/mol. The van der Waals surface area contributed by atoms with Gasteiger partial charge in [-0.05, 0) is 12.1 Å². The quantitative estimate of drug-likeness (QED) is 0.378. The Labute approximate surface area is 102 Å². The Morgan fingerprint density at radius 3 is 3.24 bits per heavy atom. The molecule has 0 fully saturated rings. The SMILES string of the molecule is C=CC(=O)OCCSc1cccc2n[nH]nc12. The van der Waals surface area contributed by atoms with Crippen molar-refractivity contribution in [2.75, 3.05) is 12.4 Å². The lowest BCUT2D eigenvalue weighted by molar-refractivity contribution is -0.137. The van der Waals surface area contributed by atoms with Crippen molar-refractivity contribution < 1.29 is 9.53 Å². The van der Waals surface area contributed by atoms with Crippen LogP contribution in [-0.2, 0) is 9.53 Å². The zero-order chi connectivity index (χ0) is 12.1. The van der Waals surface area contributed by atoms with Crippen LogP contribution in [0.4, 0.5) is 0 Å². The van der Waals surface area contributed by atoms with Gasteiger partial charge in [-0.1, -0.05) is 12.6 Å². The van der Waals surface area contributed by atoms with E-state index in [1.807, 2.05) is 18.2 Å². The Morgan fingerprint density at radius 1 is 1.53 bits per heavy atom. The van der Waals surface area contributed by atoms with E-state index in [0.29, 0.717) is 12.4 Å². The van der Waals surface area contributed by atoms with Crippen LogP contribution in [0.15, 0.2) is 35.7 Å². The van der Waals surface area contributed by atoms with Crippen molar-refractivity contribution in [2.24, 2.45) is 0 Å². The van der Waals surface area contributed by atoms with E-state index in [1.165, 1.54) is 0 Å². The maximum atomic E-state index is 10.8. The average molecular weight is 249 g/mol. The third-order valence-electron chi connectivity index (χ3n) is 2.06. The van der Waals surface area contributed by atoms with Gasteiger partial charge in [0.1, 0.15) is 17.6 Å². The summed E-state index contributed by atoms with van der Waals surface area (Å²) >= 11 is 1.57. The number of nitrogens with zero attached hydrogens (tertiary/aromatic N) is 2. The Hall–Kier alpha value is -1.82. The minimum Gasteiger partial charge on any atom is -0.462 e. The molecule has 1 N–H and O–H groups in total. The molecule has 0 aliphatic carbocycles. The van der Waals surface area contributed by atoms with Crippen molar-refractivity contribution in [1.82, 2.24) is 15.4 Å². The molecule has 0 radical (unpaired) electrons. The lowest BCUT2D eigenvalue weighted by Crippen LogP contribution is -2.03. The summed E-state index contributed by atoms with van der Waals surface area (Å²) in [5.74, 6) is 0.274. The smallest absolute Gasteiger partial charge is 0.330 e. The molecule has 1 aromatic heterocycles. The molecule has 2 aromatic rings.